The van der Waals surface area contributed by atoms with Gasteiger partial charge in [0.2, 0.25) is 0 Å². The minimum Gasteiger partial charge on any atom is -0.497 e. The van der Waals surface area contributed by atoms with Crippen LogP contribution in [0, 0.1) is 5.82 Å². The average Bonchev–Trinajstić information content (AvgIpc) is 2.46. The van der Waals surface area contributed by atoms with Crippen LogP contribution in [-0.2, 0) is 6.54 Å². The predicted molar refractivity (Wildman–Crippen MR) is 68.4 cm³/mol. The van der Waals surface area contributed by atoms with Crippen LogP contribution in [0.25, 0.3) is 0 Å². The molecular weight excluding hydrogens is 247 g/mol. The van der Waals surface area contributed by atoms with Crippen molar-refractivity contribution in [3.05, 3.63) is 59.7 Å². The first kappa shape index (κ1) is 13.0. The molecule has 1 heterocycles. The SMILES string of the molecule is COc1ccnc(C(=O)NCc2ccc(F)cc2)c1. The molecule has 0 unspecified atom stereocenters. The average molecular weight is 260 g/mol. The fourth-order valence-corrected chi connectivity index (χ4v) is 1.54. The lowest BCUT2D eigenvalue weighted by Gasteiger charge is -2.06. The number of nitrogens with zero attached hydrogens (tertiary/aromatic N) is 1. The Hall–Kier alpha value is -2.43. The highest BCUT2D eigenvalue weighted by Gasteiger charge is 2.07. The van der Waals surface area contributed by atoms with Gasteiger partial charge in [0.1, 0.15) is 17.3 Å². The Morgan fingerprint density at radius 2 is 2.05 bits per heavy atom. The normalized spacial score (nSPS) is 10.0. The standard InChI is InChI=1S/C14H13FN2O2/c1-19-12-6-7-16-13(8-12)14(18)17-9-10-2-4-11(15)5-3-10/h2-8H,9H2,1H3,(H,17,18). The topological polar surface area (TPSA) is 51.2 Å². The van der Waals surface area contributed by atoms with Crippen molar-refractivity contribution in [2.45, 2.75) is 6.54 Å². The Morgan fingerprint density at radius 3 is 2.74 bits per heavy atom. The molecule has 0 aliphatic rings. The van der Waals surface area contributed by atoms with Gasteiger partial charge in [0.05, 0.1) is 7.11 Å². The van der Waals surface area contributed by atoms with Gasteiger partial charge in [0.25, 0.3) is 5.91 Å². The third-order valence-electron chi connectivity index (χ3n) is 2.57. The largest absolute Gasteiger partial charge is 0.497 e. The third-order valence-corrected chi connectivity index (χ3v) is 2.57. The highest BCUT2D eigenvalue weighted by molar-refractivity contribution is 5.92. The van der Waals surface area contributed by atoms with E-state index in [-0.39, 0.29) is 17.4 Å². The number of aromatic nitrogens is 1. The molecule has 1 aromatic heterocycles. The van der Waals surface area contributed by atoms with Gasteiger partial charge in [-0.3, -0.25) is 9.78 Å². The number of hydrogen-bond donors (Lipinski definition) is 1. The van der Waals surface area contributed by atoms with Gasteiger partial charge in [-0.15, -0.1) is 0 Å². The molecule has 0 atom stereocenters. The molecule has 1 N–H and O–H groups in total. The first-order chi connectivity index (χ1) is 9.19. The van der Waals surface area contributed by atoms with Crippen LogP contribution in [0.1, 0.15) is 16.1 Å². The zero-order chi connectivity index (χ0) is 13.7. The Labute approximate surface area is 110 Å². The van der Waals surface area contributed by atoms with E-state index in [1.54, 1.807) is 24.3 Å². The first-order valence-electron chi connectivity index (χ1n) is 5.72. The molecule has 5 heteroatoms. The first-order valence-corrected chi connectivity index (χ1v) is 5.72. The van der Waals surface area contributed by atoms with Crippen LogP contribution in [0.15, 0.2) is 42.6 Å². The zero-order valence-electron chi connectivity index (χ0n) is 10.4. The van der Waals surface area contributed by atoms with Crippen LogP contribution in [0.4, 0.5) is 4.39 Å². The van der Waals surface area contributed by atoms with E-state index in [4.69, 9.17) is 4.74 Å². The molecule has 1 amide bonds. The molecule has 4 nitrogen and oxygen atoms in total. The lowest BCUT2D eigenvalue weighted by Crippen LogP contribution is -2.23. The van der Waals surface area contributed by atoms with Crippen molar-refractivity contribution in [3.63, 3.8) is 0 Å². The third kappa shape index (κ3) is 3.51. The van der Waals surface area contributed by atoms with Crippen molar-refractivity contribution in [2.24, 2.45) is 0 Å². The molecule has 1 aromatic carbocycles. The van der Waals surface area contributed by atoms with Gasteiger partial charge >= 0.3 is 0 Å². The van der Waals surface area contributed by atoms with Crippen molar-refractivity contribution >= 4 is 5.91 Å². The zero-order valence-corrected chi connectivity index (χ0v) is 10.4. The monoisotopic (exact) mass is 260 g/mol. The second-order valence-electron chi connectivity index (χ2n) is 3.89. The minimum atomic E-state index is -0.303. The summed E-state index contributed by atoms with van der Waals surface area (Å²) in [6.45, 7) is 0.317. The summed E-state index contributed by atoms with van der Waals surface area (Å²) in [7, 11) is 1.52. The number of halogens is 1. The number of carbonyl (C=O) groups is 1. The summed E-state index contributed by atoms with van der Waals surface area (Å²) in [6, 6.07) is 9.16. The molecule has 2 rings (SSSR count). The lowest BCUT2D eigenvalue weighted by molar-refractivity contribution is 0.0945. The number of ether oxygens (including phenoxy) is 1. The molecule has 0 saturated carbocycles. The van der Waals surface area contributed by atoms with Gasteiger partial charge in [-0.1, -0.05) is 12.1 Å². The van der Waals surface area contributed by atoms with Crippen LogP contribution in [0.5, 0.6) is 5.75 Å². The molecule has 0 bridgehead atoms. The number of amides is 1. The van der Waals surface area contributed by atoms with Crippen LogP contribution >= 0.6 is 0 Å². The van der Waals surface area contributed by atoms with Gasteiger partial charge in [0, 0.05) is 18.8 Å². The molecule has 0 saturated heterocycles. The van der Waals surface area contributed by atoms with Gasteiger partial charge in [0.15, 0.2) is 0 Å². The second kappa shape index (κ2) is 5.95. The van der Waals surface area contributed by atoms with Gasteiger partial charge in [-0.05, 0) is 23.8 Å². The van der Waals surface area contributed by atoms with Crippen LogP contribution in [0.3, 0.4) is 0 Å². The fourth-order valence-electron chi connectivity index (χ4n) is 1.54. The van der Waals surface area contributed by atoms with Crippen molar-refractivity contribution in [1.82, 2.24) is 10.3 Å². The molecule has 0 spiro atoms. The Bertz CT molecular complexity index is 570. The van der Waals surface area contributed by atoms with E-state index < -0.39 is 0 Å². The predicted octanol–water partition coefficient (Wildman–Crippen LogP) is 2.16. The summed E-state index contributed by atoms with van der Waals surface area (Å²) in [5.41, 5.74) is 1.10. The van der Waals surface area contributed by atoms with Crippen molar-refractivity contribution < 1.29 is 13.9 Å². The van der Waals surface area contributed by atoms with E-state index in [9.17, 15) is 9.18 Å². The van der Waals surface area contributed by atoms with E-state index in [0.29, 0.717) is 12.3 Å². The molecule has 0 radical (unpaired) electrons. The summed E-state index contributed by atoms with van der Waals surface area (Å²) in [5.74, 6) is -0.0327. The molecular formula is C14H13FN2O2. The molecule has 2 aromatic rings. The number of carbonyl (C=O) groups excluding carboxylic acids is 1. The summed E-state index contributed by atoms with van der Waals surface area (Å²) in [4.78, 5) is 15.8. The number of nitrogens with one attached hydrogen (secondary N) is 1. The van der Waals surface area contributed by atoms with E-state index >= 15 is 0 Å². The minimum absolute atomic E-state index is 0.279. The molecule has 19 heavy (non-hydrogen) atoms. The molecule has 0 aliphatic carbocycles. The van der Waals surface area contributed by atoms with E-state index in [1.807, 2.05) is 0 Å². The van der Waals surface area contributed by atoms with E-state index in [1.165, 1.54) is 25.4 Å². The number of methoxy groups -OCH3 is 1. The number of hydrogen-bond acceptors (Lipinski definition) is 3. The maximum absolute atomic E-state index is 12.7. The molecule has 98 valence electrons. The number of pyridine rings is 1. The maximum atomic E-state index is 12.7. The van der Waals surface area contributed by atoms with E-state index in [0.717, 1.165) is 5.56 Å². The molecule has 0 aliphatic heterocycles. The van der Waals surface area contributed by atoms with Crippen LogP contribution < -0.4 is 10.1 Å². The van der Waals surface area contributed by atoms with Gasteiger partial charge in [-0.2, -0.15) is 0 Å². The number of benzene rings is 1. The van der Waals surface area contributed by atoms with E-state index in [2.05, 4.69) is 10.3 Å². The highest BCUT2D eigenvalue weighted by atomic mass is 19.1. The van der Waals surface area contributed by atoms with Crippen LogP contribution in [0.2, 0.25) is 0 Å². The van der Waals surface area contributed by atoms with Gasteiger partial charge < -0.3 is 10.1 Å². The summed E-state index contributed by atoms with van der Waals surface area (Å²) >= 11 is 0. The number of rotatable bonds is 4. The second-order valence-corrected chi connectivity index (χ2v) is 3.89. The summed E-state index contributed by atoms with van der Waals surface area (Å²) < 4.78 is 17.7. The summed E-state index contributed by atoms with van der Waals surface area (Å²) in [6.07, 6.45) is 1.51. The van der Waals surface area contributed by atoms with Crippen LogP contribution in [-0.4, -0.2) is 18.0 Å². The smallest absolute Gasteiger partial charge is 0.270 e. The Balaban J connectivity index is 1.99. The highest BCUT2D eigenvalue weighted by Crippen LogP contribution is 2.10. The quantitative estimate of drug-likeness (QED) is 0.916. The van der Waals surface area contributed by atoms with Crippen molar-refractivity contribution in [2.75, 3.05) is 7.11 Å². The summed E-state index contributed by atoms with van der Waals surface area (Å²) in [5, 5.41) is 2.71. The fraction of sp³-hybridized carbons (Fsp3) is 0.143. The molecule has 0 fully saturated rings. The van der Waals surface area contributed by atoms with Crippen molar-refractivity contribution in [3.8, 4) is 5.75 Å². The van der Waals surface area contributed by atoms with Gasteiger partial charge in [-0.25, -0.2) is 4.39 Å². The Morgan fingerprint density at radius 1 is 1.32 bits per heavy atom. The van der Waals surface area contributed by atoms with Crippen molar-refractivity contribution in [1.29, 1.82) is 0 Å². The Kier molecular flexibility index (Phi) is 4.07. The lowest BCUT2D eigenvalue weighted by atomic mass is 10.2. The maximum Gasteiger partial charge on any atom is 0.270 e.